The van der Waals surface area contributed by atoms with Gasteiger partial charge in [0.25, 0.3) is 0 Å². The van der Waals surface area contributed by atoms with Crippen molar-refractivity contribution in [2.45, 2.75) is 12.6 Å². The fraction of sp³-hybridized carbons (Fsp3) is 0.333. The van der Waals surface area contributed by atoms with Crippen LogP contribution in [0.4, 0.5) is 13.2 Å². The molecule has 0 aliphatic carbocycles. The van der Waals surface area contributed by atoms with Gasteiger partial charge in [0.1, 0.15) is 6.61 Å². The van der Waals surface area contributed by atoms with Crippen molar-refractivity contribution in [1.82, 2.24) is 0 Å². The Morgan fingerprint density at radius 1 is 1.26 bits per heavy atom. The zero-order valence-corrected chi connectivity index (χ0v) is 10.7. The molecular weight excluding hydrogens is 277 g/mol. The van der Waals surface area contributed by atoms with Gasteiger partial charge < -0.3 is 4.84 Å². The van der Waals surface area contributed by atoms with Crippen molar-refractivity contribution in [2.75, 3.05) is 13.2 Å². The quantitative estimate of drug-likeness (QED) is 0.348. The van der Waals surface area contributed by atoms with E-state index < -0.39 is 11.7 Å². The van der Waals surface area contributed by atoms with Crippen molar-refractivity contribution in [3.63, 3.8) is 0 Å². The zero-order valence-electron chi connectivity index (χ0n) is 9.85. The molecule has 0 unspecified atom stereocenters. The molecule has 0 amide bonds. The summed E-state index contributed by atoms with van der Waals surface area (Å²) in [5, 5.41) is 5.83. The van der Waals surface area contributed by atoms with E-state index in [-0.39, 0.29) is 6.61 Å². The summed E-state index contributed by atoms with van der Waals surface area (Å²) in [6.07, 6.45) is -2.43. The molecule has 0 spiro atoms. The van der Waals surface area contributed by atoms with Crippen molar-refractivity contribution >= 4 is 23.6 Å². The summed E-state index contributed by atoms with van der Waals surface area (Å²) < 4.78 is 36.9. The third kappa shape index (κ3) is 6.13. The second-order valence-electron chi connectivity index (χ2n) is 3.49. The van der Waals surface area contributed by atoms with Crippen LogP contribution in [0, 0.1) is 0 Å². The number of alkyl halides is 3. The fourth-order valence-corrected chi connectivity index (χ4v) is 1.30. The minimum Gasteiger partial charge on any atom is -0.394 e. The molecule has 0 aliphatic heterocycles. The molecule has 1 rings (SSSR count). The maximum Gasteiger partial charge on any atom is 0.416 e. The van der Waals surface area contributed by atoms with Crippen molar-refractivity contribution in [1.29, 1.82) is 0 Å². The summed E-state index contributed by atoms with van der Waals surface area (Å²) in [7, 11) is 0. The molecule has 102 valence electrons. The highest BCUT2D eigenvalue weighted by atomic mass is 32.1. The van der Waals surface area contributed by atoms with Crippen LogP contribution in [0.3, 0.4) is 0 Å². The highest BCUT2D eigenvalue weighted by molar-refractivity contribution is 7.78. The van der Waals surface area contributed by atoms with Gasteiger partial charge in [-0.15, -0.1) is 0 Å². The van der Waals surface area contributed by atoms with Gasteiger partial charge in [0.2, 0.25) is 0 Å². The fourth-order valence-electron chi connectivity index (χ4n) is 1.21. The highest BCUT2D eigenvalue weighted by Gasteiger charge is 2.29. The van der Waals surface area contributed by atoms with Gasteiger partial charge in [0.15, 0.2) is 0 Å². The molecule has 0 radical (unpaired) electrons. The molecule has 3 nitrogen and oxygen atoms in total. The van der Waals surface area contributed by atoms with E-state index >= 15 is 0 Å². The van der Waals surface area contributed by atoms with Crippen LogP contribution < -0.4 is 0 Å². The second-order valence-corrected chi connectivity index (χ2v) is 3.68. The lowest BCUT2D eigenvalue weighted by Gasteiger charge is -2.06. The van der Waals surface area contributed by atoms with E-state index in [1.807, 2.05) is 0 Å². The van der Waals surface area contributed by atoms with Gasteiger partial charge in [-0.25, -0.2) is 4.99 Å². The zero-order chi connectivity index (χ0) is 14.1. The van der Waals surface area contributed by atoms with E-state index in [0.717, 1.165) is 17.7 Å². The Kier molecular flexibility index (Phi) is 6.18. The van der Waals surface area contributed by atoms with E-state index in [2.05, 4.69) is 27.5 Å². The van der Waals surface area contributed by atoms with E-state index in [1.54, 1.807) is 0 Å². The molecule has 7 heteroatoms. The van der Waals surface area contributed by atoms with Gasteiger partial charge in [-0.05, 0) is 29.9 Å². The molecule has 0 heterocycles. The minimum atomic E-state index is -4.31. The molecule has 0 aromatic heterocycles. The largest absolute Gasteiger partial charge is 0.416 e. The van der Waals surface area contributed by atoms with Crippen LogP contribution in [0.2, 0.25) is 0 Å². The Hall–Kier alpha value is -1.72. The Morgan fingerprint density at radius 3 is 2.53 bits per heavy atom. The second kappa shape index (κ2) is 7.66. The first-order valence-corrected chi connectivity index (χ1v) is 5.78. The summed E-state index contributed by atoms with van der Waals surface area (Å²) in [6, 6.07) is 4.90. The van der Waals surface area contributed by atoms with Gasteiger partial charge in [-0.2, -0.15) is 13.2 Å². The molecule has 1 aromatic rings. The molecule has 1 aromatic carbocycles. The van der Waals surface area contributed by atoms with Crippen LogP contribution in [-0.4, -0.2) is 24.5 Å². The van der Waals surface area contributed by atoms with Gasteiger partial charge in [-0.3, -0.25) is 0 Å². The summed E-state index contributed by atoms with van der Waals surface area (Å²) in [4.78, 5) is 8.46. The Labute approximate surface area is 113 Å². The highest BCUT2D eigenvalue weighted by Crippen LogP contribution is 2.28. The summed E-state index contributed by atoms with van der Waals surface area (Å²) in [5.74, 6) is 0. The average Bonchev–Trinajstić information content (AvgIpc) is 2.37. The summed E-state index contributed by atoms with van der Waals surface area (Å²) in [6.45, 7) is 0.661. The molecule has 0 atom stereocenters. The predicted molar refractivity (Wildman–Crippen MR) is 69.5 cm³/mol. The number of oxime groups is 1. The molecule has 0 saturated carbocycles. The number of thiocarbonyl (C=S) groups is 1. The monoisotopic (exact) mass is 288 g/mol. The molecule has 0 fully saturated rings. The first kappa shape index (κ1) is 15.3. The van der Waals surface area contributed by atoms with Crippen LogP contribution in [0.5, 0.6) is 0 Å². The Balaban J connectivity index is 2.37. The number of aliphatic imine (C=N–C) groups is 1. The molecule has 0 bridgehead atoms. The number of benzene rings is 1. The van der Waals surface area contributed by atoms with Crippen LogP contribution in [0.25, 0.3) is 0 Å². The topological polar surface area (TPSA) is 34.0 Å². The smallest absolute Gasteiger partial charge is 0.394 e. The number of isothiocyanates is 1. The first-order chi connectivity index (χ1) is 9.04. The van der Waals surface area contributed by atoms with Gasteiger partial charge in [0, 0.05) is 12.6 Å². The van der Waals surface area contributed by atoms with E-state index in [4.69, 9.17) is 4.84 Å². The van der Waals surface area contributed by atoms with E-state index in [0.29, 0.717) is 13.0 Å². The van der Waals surface area contributed by atoms with Gasteiger partial charge in [0.05, 0.1) is 17.3 Å². The number of hydrogen-bond donors (Lipinski definition) is 0. The van der Waals surface area contributed by atoms with Crippen molar-refractivity contribution in [2.24, 2.45) is 10.1 Å². The van der Waals surface area contributed by atoms with Crippen LogP contribution in [-0.2, 0) is 17.4 Å². The third-order valence-corrected chi connectivity index (χ3v) is 2.25. The minimum absolute atomic E-state index is 0.285. The maximum atomic E-state index is 12.3. The van der Waals surface area contributed by atoms with Crippen molar-refractivity contribution in [3.05, 3.63) is 35.4 Å². The lowest BCUT2D eigenvalue weighted by molar-refractivity contribution is -0.137. The van der Waals surface area contributed by atoms with E-state index in [9.17, 15) is 13.2 Å². The van der Waals surface area contributed by atoms with Crippen LogP contribution >= 0.6 is 12.2 Å². The van der Waals surface area contributed by atoms with Crippen LogP contribution in [0.1, 0.15) is 11.1 Å². The summed E-state index contributed by atoms with van der Waals surface area (Å²) in [5.41, 5.74) is 0.0553. The molecule has 0 saturated heterocycles. The van der Waals surface area contributed by atoms with E-state index in [1.165, 1.54) is 18.3 Å². The predicted octanol–water partition coefficient (Wildman–Crippen LogP) is 3.35. The van der Waals surface area contributed by atoms with Crippen molar-refractivity contribution in [3.8, 4) is 0 Å². The summed E-state index contributed by atoms with van der Waals surface area (Å²) >= 11 is 4.36. The normalized spacial score (nSPS) is 11.3. The maximum absolute atomic E-state index is 12.3. The standard InChI is InChI=1S/C12H11F3N2OS/c13-12(14,15)11-3-1-10(2-4-11)5-6-17-18-8-7-16-9-19/h1-4,6H,5,7-8H2/b17-6+. The molecular formula is C12H11F3N2OS. The lowest BCUT2D eigenvalue weighted by Crippen LogP contribution is -2.04. The van der Waals surface area contributed by atoms with Gasteiger partial charge >= 0.3 is 6.18 Å². The number of nitrogens with zero attached hydrogens (tertiary/aromatic N) is 2. The number of halogens is 3. The van der Waals surface area contributed by atoms with Crippen LogP contribution in [0.15, 0.2) is 34.4 Å². The SMILES string of the molecule is FC(F)(F)c1ccc(C/C=N/OCCN=C=S)cc1. The molecule has 19 heavy (non-hydrogen) atoms. The third-order valence-electron chi connectivity index (χ3n) is 2.12. The molecule has 0 N–H and O–H groups in total. The lowest BCUT2D eigenvalue weighted by atomic mass is 10.1. The Bertz CT molecular complexity index is 465. The van der Waals surface area contributed by atoms with Gasteiger partial charge in [-0.1, -0.05) is 17.3 Å². The number of rotatable bonds is 6. The first-order valence-electron chi connectivity index (χ1n) is 5.37. The van der Waals surface area contributed by atoms with Crippen molar-refractivity contribution < 1.29 is 18.0 Å². The molecule has 0 aliphatic rings. The average molecular weight is 288 g/mol. The number of hydrogen-bond acceptors (Lipinski definition) is 4. The Morgan fingerprint density at radius 2 is 1.95 bits per heavy atom.